The highest BCUT2D eigenvalue weighted by atomic mass is 32.3. The van der Waals surface area contributed by atoms with Crippen LogP contribution in [-0.4, -0.2) is 94.1 Å². The van der Waals surface area contributed by atoms with Gasteiger partial charge in [-0.3, -0.25) is 24.9 Å². The number of amides is 3. The Morgan fingerprint density at radius 1 is 0.922 bits per heavy atom. The summed E-state index contributed by atoms with van der Waals surface area (Å²) in [5.41, 5.74) is -0.511. The first-order valence-electron chi connectivity index (χ1n) is 19.7. The molecule has 1 aromatic heterocycles. The molecule has 0 bridgehead atoms. The number of hydroxylamine groups is 2. The van der Waals surface area contributed by atoms with Crippen molar-refractivity contribution < 1.29 is 51.1 Å². The molecule has 0 saturated carbocycles. The number of amidine groups is 1. The number of β-lactam (4-membered cyclic amide) rings is 1. The van der Waals surface area contributed by atoms with Crippen LogP contribution in [0.1, 0.15) is 62.6 Å². The first-order chi connectivity index (χ1) is 30.3. The van der Waals surface area contributed by atoms with Gasteiger partial charge in [-0.05, 0) is 75.6 Å². The van der Waals surface area contributed by atoms with Crippen LogP contribution in [0.4, 0.5) is 9.93 Å². The minimum Gasteiger partial charge on any atom is -0.484 e. The van der Waals surface area contributed by atoms with Crippen molar-refractivity contribution in [3.8, 4) is 5.75 Å². The van der Waals surface area contributed by atoms with Crippen molar-refractivity contribution in [2.45, 2.75) is 63.4 Å². The van der Waals surface area contributed by atoms with Gasteiger partial charge in [0.2, 0.25) is 0 Å². The van der Waals surface area contributed by atoms with Crippen LogP contribution in [0.3, 0.4) is 0 Å². The summed E-state index contributed by atoms with van der Waals surface area (Å²) in [7, 11) is -5.06. The van der Waals surface area contributed by atoms with E-state index in [1.165, 1.54) is 49.4 Å². The second kappa shape index (κ2) is 19.4. The Balaban J connectivity index is 1.27. The first kappa shape index (κ1) is 46.8. The van der Waals surface area contributed by atoms with Gasteiger partial charge in [-0.15, -0.1) is 15.6 Å². The van der Waals surface area contributed by atoms with E-state index in [0.29, 0.717) is 15.8 Å². The van der Waals surface area contributed by atoms with Gasteiger partial charge in [-0.2, -0.15) is 13.5 Å². The van der Waals surface area contributed by atoms with Crippen molar-refractivity contribution in [3.63, 3.8) is 0 Å². The van der Waals surface area contributed by atoms with Gasteiger partial charge in [0.1, 0.15) is 34.5 Å². The maximum absolute atomic E-state index is 14.1. The summed E-state index contributed by atoms with van der Waals surface area (Å²) >= 11 is 1.17. The highest BCUT2D eigenvalue weighted by molar-refractivity contribution is 7.80. The molecule has 4 aromatic carbocycles. The van der Waals surface area contributed by atoms with Gasteiger partial charge in [-0.25, -0.2) is 9.78 Å². The number of carbonyl (C=O) groups excluding carboxylic acids is 3. The molecule has 1 unspecified atom stereocenters. The lowest BCUT2D eigenvalue weighted by molar-refractivity contribution is -0.218. The van der Waals surface area contributed by atoms with E-state index >= 15 is 0 Å². The predicted octanol–water partition coefficient (Wildman–Crippen LogP) is 5.40. The molecule has 6 N–H and O–H groups in total. The van der Waals surface area contributed by atoms with Crippen LogP contribution in [0, 0.1) is 5.41 Å². The number of nitrogens with one attached hydrogen (secondary N) is 4. The number of hydrogen-bond acceptors (Lipinski definition) is 15. The normalized spacial score (nSPS) is 15.6. The van der Waals surface area contributed by atoms with E-state index in [9.17, 15) is 32.5 Å². The molecular formula is C44H47N7O11S2. The van der Waals surface area contributed by atoms with Crippen LogP contribution in [0.25, 0.3) is 0 Å². The molecule has 5 aromatic rings. The van der Waals surface area contributed by atoms with E-state index in [4.69, 9.17) is 24.7 Å². The standard InChI is InChI=1S/C44H47N7O11S2/c1-42(2,3)61-41(55)48-37(45)28-21-23-32(24-22-28)60-33(25-52)26-59-50-35(38(53)47-36-39(54)51(43(36,4)5)62-64(56,57)58)34-27-63-40(46-34)49-44(29-15-9-6-10-16-29,30-17-11-7-12-18-30)31-19-13-8-14-20-31/h6-24,27,33,36,52H,25-26H2,1-5H3,(H,46,49)(H,47,53)(H2,45,48,55)(H,56,57,58)/b50-35-/t33?,36-/m1/s1. The molecule has 0 aliphatic carbocycles. The molecule has 20 heteroatoms. The zero-order valence-electron chi connectivity index (χ0n) is 35.3. The fourth-order valence-corrected chi connectivity index (χ4v) is 7.89. The van der Waals surface area contributed by atoms with Crippen LogP contribution in [0.5, 0.6) is 5.75 Å². The Morgan fingerprint density at radius 2 is 1.47 bits per heavy atom. The predicted molar refractivity (Wildman–Crippen MR) is 237 cm³/mol. The molecule has 2 atom stereocenters. The van der Waals surface area contributed by atoms with Crippen molar-refractivity contribution in [1.29, 1.82) is 5.41 Å². The number of alkyl carbamates (subject to hydrolysis) is 1. The van der Waals surface area contributed by atoms with Gasteiger partial charge in [-0.1, -0.05) is 96.2 Å². The molecule has 18 nitrogen and oxygen atoms in total. The Bertz CT molecular complexity index is 2490. The molecule has 336 valence electrons. The molecule has 64 heavy (non-hydrogen) atoms. The first-order valence-corrected chi connectivity index (χ1v) is 21.9. The zero-order chi connectivity index (χ0) is 46.3. The summed E-state index contributed by atoms with van der Waals surface area (Å²) in [6.07, 6.45) is -1.81. The monoisotopic (exact) mass is 913 g/mol. The van der Waals surface area contributed by atoms with E-state index < -0.39 is 63.7 Å². The maximum atomic E-state index is 14.1. The maximum Gasteiger partial charge on any atom is 0.418 e. The third-order valence-electron chi connectivity index (χ3n) is 9.69. The second-order valence-electron chi connectivity index (χ2n) is 15.9. The third kappa shape index (κ3) is 11.1. The molecule has 1 aliphatic rings. The van der Waals surface area contributed by atoms with E-state index in [1.54, 1.807) is 26.2 Å². The summed E-state index contributed by atoms with van der Waals surface area (Å²) < 4.78 is 47.6. The van der Waals surface area contributed by atoms with Crippen LogP contribution in [0.15, 0.2) is 126 Å². The Morgan fingerprint density at radius 3 is 1.95 bits per heavy atom. The smallest absolute Gasteiger partial charge is 0.418 e. The van der Waals surface area contributed by atoms with Crippen molar-refractivity contribution in [2.75, 3.05) is 18.5 Å². The number of ether oxygens (including phenoxy) is 2. The summed E-state index contributed by atoms with van der Waals surface area (Å²) in [5.74, 6) is -1.84. The van der Waals surface area contributed by atoms with Crippen LogP contribution >= 0.6 is 11.3 Å². The zero-order valence-corrected chi connectivity index (χ0v) is 37.0. The molecule has 1 saturated heterocycles. The second-order valence-corrected chi connectivity index (χ2v) is 17.8. The van der Waals surface area contributed by atoms with E-state index in [2.05, 4.69) is 25.4 Å². The molecule has 1 fully saturated rings. The SMILES string of the molecule is CC(C)(C)OC(=O)NC(=N)c1ccc(OC(CO)CO/N=C(\C(=O)N[C@@H]2C(=O)N(OS(=O)(=O)O)C2(C)C)c2csc(NC(c3ccccc3)(c3ccccc3)c3ccccc3)n2)cc1. The topological polar surface area (TPSA) is 251 Å². The highest BCUT2D eigenvalue weighted by Crippen LogP contribution is 2.41. The van der Waals surface area contributed by atoms with E-state index in [0.717, 1.165) is 16.7 Å². The number of aromatic nitrogens is 1. The lowest BCUT2D eigenvalue weighted by atomic mass is 9.77. The summed E-state index contributed by atoms with van der Waals surface area (Å²) in [5, 5.41) is 33.4. The van der Waals surface area contributed by atoms with Gasteiger partial charge >= 0.3 is 16.5 Å². The third-order valence-corrected chi connectivity index (χ3v) is 10.8. The number of oxime groups is 1. The molecule has 2 heterocycles. The van der Waals surface area contributed by atoms with Gasteiger partial charge in [0.15, 0.2) is 23.6 Å². The van der Waals surface area contributed by atoms with Crippen LogP contribution in [-0.2, 0) is 39.4 Å². The number of thiazole rings is 1. The Labute approximate surface area is 373 Å². The number of anilines is 1. The van der Waals surface area contributed by atoms with Crippen LogP contribution in [0.2, 0.25) is 0 Å². The number of aliphatic hydroxyl groups is 1. The minimum atomic E-state index is -5.06. The number of aliphatic hydroxyl groups excluding tert-OH is 1. The Kier molecular flexibility index (Phi) is 14.1. The molecule has 3 amide bonds. The van der Waals surface area contributed by atoms with Crippen molar-refractivity contribution in [3.05, 3.63) is 149 Å². The average molecular weight is 914 g/mol. The average Bonchev–Trinajstić information content (AvgIpc) is 3.72. The molecule has 0 radical (unpaired) electrons. The number of nitrogens with zero attached hydrogens (tertiary/aromatic N) is 3. The summed E-state index contributed by atoms with van der Waals surface area (Å²) in [6.45, 7) is 6.99. The number of rotatable bonds is 17. The lowest BCUT2D eigenvalue weighted by Crippen LogP contribution is -2.76. The van der Waals surface area contributed by atoms with Gasteiger partial charge in [0.05, 0.1) is 12.1 Å². The molecule has 6 rings (SSSR count). The molecular weight excluding hydrogens is 867 g/mol. The van der Waals surface area contributed by atoms with Crippen LogP contribution < -0.4 is 20.7 Å². The fraction of sp³-hybridized carbons (Fsp3) is 0.273. The van der Waals surface area contributed by atoms with Gasteiger partial charge in [0, 0.05) is 10.9 Å². The molecule has 0 spiro atoms. The number of benzene rings is 4. The lowest BCUT2D eigenvalue weighted by Gasteiger charge is -2.50. The highest BCUT2D eigenvalue weighted by Gasteiger charge is 2.58. The Hall–Kier alpha value is -6.71. The van der Waals surface area contributed by atoms with Gasteiger partial charge < -0.3 is 30.1 Å². The fourth-order valence-electron chi connectivity index (χ4n) is 6.68. The van der Waals surface area contributed by atoms with Crippen molar-refractivity contribution in [1.82, 2.24) is 20.7 Å². The quantitative estimate of drug-likeness (QED) is 0.0171. The minimum absolute atomic E-state index is 0.0307. The largest absolute Gasteiger partial charge is 0.484 e. The van der Waals surface area contributed by atoms with Crippen molar-refractivity contribution in [2.24, 2.45) is 5.16 Å². The molecule has 1 aliphatic heterocycles. The summed E-state index contributed by atoms with van der Waals surface area (Å²) in [6, 6.07) is 34.0. The summed E-state index contributed by atoms with van der Waals surface area (Å²) in [4.78, 5) is 49.6. The van der Waals surface area contributed by atoms with Gasteiger partial charge in [0.25, 0.3) is 11.8 Å². The van der Waals surface area contributed by atoms with E-state index in [-0.39, 0.29) is 29.6 Å². The number of hydrogen-bond donors (Lipinski definition) is 6. The number of carbonyl (C=O) groups is 3. The van der Waals surface area contributed by atoms with Crippen molar-refractivity contribution >= 4 is 56.3 Å². The van der Waals surface area contributed by atoms with E-state index in [1.807, 2.05) is 91.0 Å².